The number of imide groups is 1. The van der Waals surface area contributed by atoms with Gasteiger partial charge in [-0.15, -0.1) is 11.8 Å². The van der Waals surface area contributed by atoms with E-state index in [1.165, 1.54) is 23.1 Å². The number of nitrogens with zero attached hydrogens (tertiary/aromatic N) is 1. The van der Waals surface area contributed by atoms with Crippen molar-refractivity contribution in [2.45, 2.75) is 43.9 Å². The first kappa shape index (κ1) is 19.8. The molecular formula is C24H25NO3S. The Morgan fingerprint density at radius 2 is 1.62 bits per heavy atom. The lowest BCUT2D eigenvalue weighted by Gasteiger charge is -2.29. The molecule has 1 aliphatic heterocycles. The van der Waals surface area contributed by atoms with E-state index < -0.39 is 0 Å². The van der Waals surface area contributed by atoms with E-state index in [0.717, 1.165) is 42.6 Å². The maximum absolute atomic E-state index is 13.4. The number of thioether (sulfide) groups is 1. The molecule has 1 fully saturated rings. The Morgan fingerprint density at radius 1 is 0.931 bits per heavy atom. The van der Waals surface area contributed by atoms with E-state index in [0.29, 0.717) is 16.2 Å². The molecule has 2 aromatic rings. The molecule has 0 radical (unpaired) electrons. The van der Waals surface area contributed by atoms with Gasteiger partial charge in [0.2, 0.25) is 0 Å². The van der Waals surface area contributed by atoms with Crippen molar-refractivity contribution in [3.05, 3.63) is 70.6 Å². The summed E-state index contributed by atoms with van der Waals surface area (Å²) in [5.41, 5.74) is 2.44. The van der Waals surface area contributed by atoms with Crippen molar-refractivity contribution in [3.8, 4) is 5.75 Å². The molecule has 2 aliphatic rings. The van der Waals surface area contributed by atoms with Gasteiger partial charge in [0.25, 0.3) is 11.8 Å². The van der Waals surface area contributed by atoms with Crippen molar-refractivity contribution in [2.75, 3.05) is 7.11 Å². The summed E-state index contributed by atoms with van der Waals surface area (Å²) in [4.78, 5) is 28.8. The van der Waals surface area contributed by atoms with Gasteiger partial charge in [-0.1, -0.05) is 61.7 Å². The third kappa shape index (κ3) is 4.10. The maximum atomic E-state index is 13.4. The van der Waals surface area contributed by atoms with E-state index in [1.807, 2.05) is 54.6 Å². The highest BCUT2D eigenvalue weighted by molar-refractivity contribution is 8.03. The maximum Gasteiger partial charge on any atom is 0.268 e. The first-order valence-electron chi connectivity index (χ1n) is 10.1. The lowest BCUT2D eigenvalue weighted by Crippen LogP contribution is -2.42. The molecule has 4 nitrogen and oxygen atoms in total. The average molecular weight is 408 g/mol. The van der Waals surface area contributed by atoms with E-state index in [4.69, 9.17) is 4.74 Å². The van der Waals surface area contributed by atoms with E-state index in [-0.39, 0.29) is 17.9 Å². The SMILES string of the molecule is COc1ccc(C2=C(SCc3ccccc3)C(=O)N(C3CCCCC3)C2=O)cc1. The van der Waals surface area contributed by atoms with Crippen LogP contribution in [0.2, 0.25) is 0 Å². The van der Waals surface area contributed by atoms with Crippen LogP contribution in [0.3, 0.4) is 0 Å². The molecule has 4 rings (SSSR count). The predicted molar refractivity (Wildman–Crippen MR) is 116 cm³/mol. The fourth-order valence-corrected chi connectivity index (χ4v) is 5.15. The molecule has 0 aromatic heterocycles. The number of carbonyl (C=O) groups excluding carboxylic acids is 2. The third-order valence-corrected chi connectivity index (χ3v) is 6.76. The number of hydrogen-bond donors (Lipinski definition) is 0. The Morgan fingerprint density at radius 3 is 2.28 bits per heavy atom. The summed E-state index contributed by atoms with van der Waals surface area (Å²) in [7, 11) is 1.62. The lowest BCUT2D eigenvalue weighted by molar-refractivity contribution is -0.139. The molecule has 2 aromatic carbocycles. The molecule has 2 amide bonds. The molecule has 1 heterocycles. The van der Waals surface area contributed by atoms with Crippen molar-refractivity contribution in [1.82, 2.24) is 4.90 Å². The van der Waals surface area contributed by atoms with Gasteiger partial charge in [-0.2, -0.15) is 0 Å². The van der Waals surface area contributed by atoms with Crippen LogP contribution < -0.4 is 4.74 Å². The summed E-state index contributed by atoms with van der Waals surface area (Å²) in [6.07, 6.45) is 5.15. The highest BCUT2D eigenvalue weighted by Gasteiger charge is 2.42. The summed E-state index contributed by atoms with van der Waals surface area (Å²) in [6.45, 7) is 0. The summed E-state index contributed by atoms with van der Waals surface area (Å²) < 4.78 is 5.24. The smallest absolute Gasteiger partial charge is 0.268 e. The van der Waals surface area contributed by atoms with Crippen LogP contribution in [0.5, 0.6) is 5.75 Å². The minimum absolute atomic E-state index is 0.0202. The molecule has 0 spiro atoms. The highest BCUT2D eigenvalue weighted by atomic mass is 32.2. The van der Waals surface area contributed by atoms with E-state index in [2.05, 4.69) is 0 Å². The standard InChI is InChI=1S/C24H25NO3S/c1-28-20-14-12-18(13-15-20)21-22(29-16-17-8-4-2-5-9-17)24(27)25(23(21)26)19-10-6-3-7-11-19/h2,4-5,8-9,12-15,19H,3,6-7,10-11,16H2,1H3. The number of rotatable bonds is 6. The highest BCUT2D eigenvalue weighted by Crippen LogP contribution is 2.40. The Labute approximate surface area is 175 Å². The molecule has 0 bridgehead atoms. The van der Waals surface area contributed by atoms with Crippen molar-refractivity contribution >= 4 is 29.1 Å². The van der Waals surface area contributed by atoms with Crippen LogP contribution in [0.1, 0.15) is 43.2 Å². The number of ether oxygens (including phenoxy) is 1. The zero-order valence-electron chi connectivity index (χ0n) is 16.6. The van der Waals surface area contributed by atoms with Crippen LogP contribution in [0.4, 0.5) is 0 Å². The predicted octanol–water partition coefficient (Wildman–Crippen LogP) is 5.04. The average Bonchev–Trinajstić information content (AvgIpc) is 3.03. The van der Waals surface area contributed by atoms with Gasteiger partial charge in [0, 0.05) is 11.8 Å². The van der Waals surface area contributed by atoms with Crippen LogP contribution in [0.25, 0.3) is 5.57 Å². The molecule has 1 aliphatic carbocycles. The lowest BCUT2D eigenvalue weighted by atomic mass is 9.94. The number of hydrogen-bond acceptors (Lipinski definition) is 4. The zero-order valence-corrected chi connectivity index (χ0v) is 17.4. The van der Waals surface area contributed by atoms with Crippen molar-refractivity contribution < 1.29 is 14.3 Å². The second kappa shape index (κ2) is 8.87. The number of methoxy groups -OCH3 is 1. The largest absolute Gasteiger partial charge is 0.497 e. The second-order valence-electron chi connectivity index (χ2n) is 7.48. The van der Waals surface area contributed by atoms with Gasteiger partial charge in [-0.05, 0) is 36.1 Å². The van der Waals surface area contributed by atoms with Crippen LogP contribution >= 0.6 is 11.8 Å². The Hall–Kier alpha value is -2.53. The van der Waals surface area contributed by atoms with Crippen molar-refractivity contribution in [2.24, 2.45) is 0 Å². The molecule has 150 valence electrons. The van der Waals surface area contributed by atoms with Crippen molar-refractivity contribution in [1.29, 1.82) is 0 Å². The summed E-state index contributed by atoms with van der Waals surface area (Å²) in [6, 6.07) is 17.5. The molecule has 1 saturated carbocycles. The van der Waals surface area contributed by atoms with Crippen LogP contribution in [-0.4, -0.2) is 29.9 Å². The molecular weight excluding hydrogens is 382 g/mol. The van der Waals surface area contributed by atoms with Gasteiger partial charge in [-0.25, -0.2) is 0 Å². The number of amides is 2. The summed E-state index contributed by atoms with van der Waals surface area (Å²) in [5.74, 6) is 1.11. The molecule has 0 N–H and O–H groups in total. The molecule has 0 unspecified atom stereocenters. The van der Waals surface area contributed by atoms with E-state index >= 15 is 0 Å². The Balaban J connectivity index is 1.67. The van der Waals surface area contributed by atoms with Gasteiger partial charge in [-0.3, -0.25) is 14.5 Å². The molecule has 0 atom stereocenters. The minimum atomic E-state index is -0.150. The number of carbonyl (C=O) groups is 2. The molecule has 0 saturated heterocycles. The van der Waals surface area contributed by atoms with Crippen LogP contribution in [0, 0.1) is 0 Å². The van der Waals surface area contributed by atoms with Gasteiger partial charge >= 0.3 is 0 Å². The van der Waals surface area contributed by atoms with Crippen LogP contribution in [0.15, 0.2) is 59.5 Å². The fourth-order valence-electron chi connectivity index (χ4n) is 4.07. The van der Waals surface area contributed by atoms with E-state index in [1.54, 1.807) is 7.11 Å². The Kier molecular flexibility index (Phi) is 6.05. The Bertz CT molecular complexity index is 915. The zero-order chi connectivity index (χ0) is 20.2. The fraction of sp³-hybridized carbons (Fsp3) is 0.333. The molecule has 5 heteroatoms. The first-order valence-corrected chi connectivity index (χ1v) is 11.1. The van der Waals surface area contributed by atoms with Gasteiger partial charge in [0.1, 0.15) is 5.75 Å². The quantitative estimate of drug-likeness (QED) is 0.629. The minimum Gasteiger partial charge on any atom is -0.497 e. The second-order valence-corrected chi connectivity index (χ2v) is 8.46. The topological polar surface area (TPSA) is 46.6 Å². The molecule has 29 heavy (non-hydrogen) atoms. The summed E-state index contributed by atoms with van der Waals surface area (Å²) in [5, 5.41) is 0. The van der Waals surface area contributed by atoms with Crippen LogP contribution in [-0.2, 0) is 15.3 Å². The van der Waals surface area contributed by atoms with Crippen molar-refractivity contribution in [3.63, 3.8) is 0 Å². The van der Waals surface area contributed by atoms with Gasteiger partial charge < -0.3 is 4.74 Å². The summed E-state index contributed by atoms with van der Waals surface area (Å²) >= 11 is 1.47. The number of benzene rings is 2. The monoisotopic (exact) mass is 407 g/mol. The third-order valence-electron chi connectivity index (χ3n) is 5.62. The normalized spacial score (nSPS) is 17.9. The van der Waals surface area contributed by atoms with Gasteiger partial charge in [0.05, 0.1) is 17.6 Å². The van der Waals surface area contributed by atoms with Gasteiger partial charge in [0.15, 0.2) is 0 Å². The first-order chi connectivity index (χ1) is 14.2. The van der Waals surface area contributed by atoms with E-state index in [9.17, 15) is 9.59 Å².